The van der Waals surface area contributed by atoms with Gasteiger partial charge in [-0.15, -0.1) is 0 Å². The minimum atomic E-state index is 0.515. The van der Waals surface area contributed by atoms with Gasteiger partial charge < -0.3 is 21.1 Å². The maximum atomic E-state index is 6.15. The van der Waals surface area contributed by atoms with Crippen LogP contribution in [0.2, 0.25) is 0 Å². The predicted molar refractivity (Wildman–Crippen MR) is 90.6 cm³/mol. The predicted octanol–water partition coefficient (Wildman–Crippen LogP) is 2.87. The number of methoxy groups -OCH3 is 1. The second-order valence-electron chi connectivity index (χ2n) is 5.20. The number of hydrogen-bond donors (Lipinski definition) is 3. The molecule has 0 aliphatic heterocycles. The summed E-state index contributed by atoms with van der Waals surface area (Å²) in [5.41, 5.74) is 9.98. The molecule has 22 heavy (non-hydrogen) atoms. The van der Waals surface area contributed by atoms with E-state index in [1.54, 1.807) is 7.11 Å². The molecule has 2 aromatic rings. The molecule has 1 aromatic heterocycles. The van der Waals surface area contributed by atoms with Gasteiger partial charge in [-0.3, -0.25) is 0 Å². The van der Waals surface area contributed by atoms with Crippen LogP contribution in [0.15, 0.2) is 24.5 Å². The first-order valence-electron chi connectivity index (χ1n) is 7.29. The van der Waals surface area contributed by atoms with Crippen molar-refractivity contribution in [1.82, 2.24) is 9.97 Å². The summed E-state index contributed by atoms with van der Waals surface area (Å²) >= 11 is 0. The van der Waals surface area contributed by atoms with Crippen LogP contribution in [0.25, 0.3) is 0 Å². The maximum Gasteiger partial charge on any atom is 0.159 e. The topological polar surface area (TPSA) is 85.1 Å². The number of aryl methyl sites for hydroxylation is 2. The van der Waals surface area contributed by atoms with E-state index in [9.17, 15) is 0 Å². The van der Waals surface area contributed by atoms with E-state index in [0.717, 1.165) is 24.2 Å². The molecule has 4 N–H and O–H groups in total. The number of anilines is 4. The lowest BCUT2D eigenvalue weighted by atomic mass is 10.1. The van der Waals surface area contributed by atoms with Crippen molar-refractivity contribution in [3.63, 3.8) is 0 Å². The standard InChI is InChI=1S/C16H23N5O/c1-11-5-6-12(2)13(9-11)21-16-14(17)15(19-10-20-16)18-7-4-8-22-3/h5-6,9-10H,4,7-8,17H2,1-3H3,(H2,18,19,20,21). The molecule has 0 aliphatic carbocycles. The number of nitrogen functional groups attached to an aromatic ring is 1. The van der Waals surface area contributed by atoms with Crippen LogP contribution < -0.4 is 16.4 Å². The molecule has 0 bridgehead atoms. The second-order valence-corrected chi connectivity index (χ2v) is 5.20. The Balaban J connectivity index is 2.13. The Morgan fingerprint density at radius 1 is 1.18 bits per heavy atom. The van der Waals surface area contributed by atoms with E-state index in [0.29, 0.717) is 23.9 Å². The van der Waals surface area contributed by atoms with Gasteiger partial charge in [0.05, 0.1) is 0 Å². The molecular weight excluding hydrogens is 278 g/mol. The van der Waals surface area contributed by atoms with E-state index in [-0.39, 0.29) is 0 Å². The highest BCUT2D eigenvalue weighted by Crippen LogP contribution is 2.27. The van der Waals surface area contributed by atoms with Gasteiger partial charge in [-0.2, -0.15) is 0 Å². The van der Waals surface area contributed by atoms with Crippen LogP contribution >= 0.6 is 0 Å². The monoisotopic (exact) mass is 301 g/mol. The molecule has 1 aromatic carbocycles. The van der Waals surface area contributed by atoms with E-state index in [4.69, 9.17) is 10.5 Å². The van der Waals surface area contributed by atoms with Crippen molar-refractivity contribution in [2.24, 2.45) is 0 Å². The van der Waals surface area contributed by atoms with Crippen molar-refractivity contribution in [2.75, 3.05) is 36.6 Å². The molecule has 0 amide bonds. The molecule has 2 rings (SSSR count). The second kappa shape index (κ2) is 7.61. The molecule has 0 spiro atoms. The summed E-state index contributed by atoms with van der Waals surface area (Å²) in [5, 5.41) is 6.49. The Kier molecular flexibility index (Phi) is 5.55. The molecule has 118 valence electrons. The minimum Gasteiger partial charge on any atom is -0.393 e. The Morgan fingerprint density at radius 3 is 2.73 bits per heavy atom. The third-order valence-corrected chi connectivity index (χ3v) is 3.35. The molecule has 1 heterocycles. The van der Waals surface area contributed by atoms with Gasteiger partial charge in [0.1, 0.15) is 12.0 Å². The van der Waals surface area contributed by atoms with Crippen molar-refractivity contribution in [3.8, 4) is 0 Å². The van der Waals surface area contributed by atoms with Gasteiger partial charge in [0, 0.05) is 25.9 Å². The largest absolute Gasteiger partial charge is 0.393 e. The molecule has 6 nitrogen and oxygen atoms in total. The van der Waals surface area contributed by atoms with Crippen molar-refractivity contribution in [3.05, 3.63) is 35.7 Å². The van der Waals surface area contributed by atoms with Crippen LogP contribution in [0.5, 0.6) is 0 Å². The quantitative estimate of drug-likeness (QED) is 0.682. The number of hydrogen-bond acceptors (Lipinski definition) is 6. The van der Waals surface area contributed by atoms with Crippen molar-refractivity contribution in [1.29, 1.82) is 0 Å². The third-order valence-electron chi connectivity index (χ3n) is 3.35. The van der Waals surface area contributed by atoms with Crippen LogP contribution in [0, 0.1) is 13.8 Å². The Labute approximate surface area is 131 Å². The molecule has 0 aliphatic rings. The average molecular weight is 301 g/mol. The number of ether oxygens (including phenoxy) is 1. The first-order chi connectivity index (χ1) is 10.6. The average Bonchev–Trinajstić information content (AvgIpc) is 2.50. The van der Waals surface area contributed by atoms with Gasteiger partial charge in [0.15, 0.2) is 11.6 Å². The highest BCUT2D eigenvalue weighted by atomic mass is 16.5. The number of nitrogens with zero attached hydrogens (tertiary/aromatic N) is 2. The lowest BCUT2D eigenvalue weighted by Crippen LogP contribution is -2.10. The zero-order valence-electron chi connectivity index (χ0n) is 13.3. The summed E-state index contributed by atoms with van der Waals surface area (Å²) in [6, 6.07) is 6.22. The van der Waals surface area contributed by atoms with Crippen LogP contribution in [-0.2, 0) is 4.74 Å². The van der Waals surface area contributed by atoms with E-state index in [2.05, 4.69) is 45.7 Å². The Morgan fingerprint density at radius 2 is 1.95 bits per heavy atom. The molecule has 0 saturated carbocycles. The van der Waals surface area contributed by atoms with Crippen molar-refractivity contribution < 1.29 is 4.74 Å². The van der Waals surface area contributed by atoms with E-state index in [1.807, 2.05) is 6.92 Å². The number of nitrogens with two attached hydrogens (primary N) is 1. The fourth-order valence-corrected chi connectivity index (χ4v) is 2.06. The zero-order chi connectivity index (χ0) is 15.9. The van der Waals surface area contributed by atoms with Crippen LogP contribution in [0.4, 0.5) is 23.0 Å². The van der Waals surface area contributed by atoms with Crippen LogP contribution in [-0.4, -0.2) is 30.2 Å². The molecular formula is C16H23N5O. The summed E-state index contributed by atoms with van der Waals surface area (Å²) in [5.74, 6) is 1.25. The fourth-order valence-electron chi connectivity index (χ4n) is 2.06. The normalized spacial score (nSPS) is 10.5. The van der Waals surface area contributed by atoms with Gasteiger partial charge in [-0.1, -0.05) is 12.1 Å². The maximum absolute atomic E-state index is 6.15. The van der Waals surface area contributed by atoms with Gasteiger partial charge >= 0.3 is 0 Å². The first kappa shape index (κ1) is 16.0. The zero-order valence-corrected chi connectivity index (χ0v) is 13.3. The Bertz CT molecular complexity index is 630. The molecule has 0 atom stereocenters. The lowest BCUT2D eigenvalue weighted by molar-refractivity contribution is 0.198. The summed E-state index contributed by atoms with van der Waals surface area (Å²) in [6.07, 6.45) is 2.39. The SMILES string of the molecule is COCCCNc1ncnc(Nc2cc(C)ccc2C)c1N. The molecule has 6 heteroatoms. The highest BCUT2D eigenvalue weighted by Gasteiger charge is 2.09. The Hall–Kier alpha value is -2.34. The van der Waals surface area contributed by atoms with Gasteiger partial charge in [-0.25, -0.2) is 9.97 Å². The van der Waals surface area contributed by atoms with E-state index < -0.39 is 0 Å². The van der Waals surface area contributed by atoms with E-state index >= 15 is 0 Å². The minimum absolute atomic E-state index is 0.515. The molecule has 0 radical (unpaired) electrons. The third kappa shape index (κ3) is 4.08. The fraction of sp³-hybridized carbons (Fsp3) is 0.375. The smallest absolute Gasteiger partial charge is 0.159 e. The molecule has 0 saturated heterocycles. The van der Waals surface area contributed by atoms with Gasteiger partial charge in [0.2, 0.25) is 0 Å². The number of nitrogens with one attached hydrogen (secondary N) is 2. The van der Waals surface area contributed by atoms with Crippen molar-refractivity contribution in [2.45, 2.75) is 20.3 Å². The number of aromatic nitrogens is 2. The molecule has 0 unspecified atom stereocenters. The van der Waals surface area contributed by atoms with E-state index in [1.165, 1.54) is 11.9 Å². The summed E-state index contributed by atoms with van der Waals surface area (Å²) < 4.78 is 5.02. The molecule has 0 fully saturated rings. The van der Waals surface area contributed by atoms with Crippen LogP contribution in [0.1, 0.15) is 17.5 Å². The summed E-state index contributed by atoms with van der Waals surface area (Å²) in [4.78, 5) is 8.43. The first-order valence-corrected chi connectivity index (χ1v) is 7.29. The van der Waals surface area contributed by atoms with Gasteiger partial charge in [-0.05, 0) is 37.5 Å². The number of benzene rings is 1. The summed E-state index contributed by atoms with van der Waals surface area (Å²) in [6.45, 7) is 5.54. The highest BCUT2D eigenvalue weighted by molar-refractivity contribution is 5.78. The number of rotatable bonds is 7. The van der Waals surface area contributed by atoms with Gasteiger partial charge in [0.25, 0.3) is 0 Å². The summed E-state index contributed by atoms with van der Waals surface area (Å²) in [7, 11) is 1.69. The van der Waals surface area contributed by atoms with Crippen molar-refractivity contribution >= 4 is 23.0 Å². The lowest BCUT2D eigenvalue weighted by Gasteiger charge is -2.14. The van der Waals surface area contributed by atoms with Crippen LogP contribution in [0.3, 0.4) is 0 Å².